The maximum absolute atomic E-state index is 13.1. The Hall–Kier alpha value is -0.780. The average Bonchev–Trinajstić information content (AvgIpc) is 2.97. The minimum Gasteiger partial charge on any atom is -0.341 e. The molecule has 2 heterocycles. The smallest absolute Gasteiger partial charge is 0.341 e. The highest BCUT2D eigenvalue weighted by Crippen LogP contribution is 2.42. The maximum atomic E-state index is 13.1. The molecule has 20 heavy (non-hydrogen) atoms. The molecule has 3 nitrogen and oxygen atoms in total. The van der Waals surface area contributed by atoms with Gasteiger partial charge >= 0.3 is 6.18 Å². The van der Waals surface area contributed by atoms with E-state index in [4.69, 9.17) is 0 Å². The van der Waals surface area contributed by atoms with E-state index in [9.17, 15) is 18.0 Å². The molecule has 6 heteroatoms. The highest BCUT2D eigenvalue weighted by atomic mass is 19.4. The summed E-state index contributed by atoms with van der Waals surface area (Å²) in [6.45, 7) is 2.19. The van der Waals surface area contributed by atoms with Crippen molar-refractivity contribution in [3.63, 3.8) is 0 Å². The van der Waals surface area contributed by atoms with E-state index in [-0.39, 0.29) is 12.3 Å². The summed E-state index contributed by atoms with van der Waals surface area (Å²) in [6, 6.07) is 0.298. The highest BCUT2D eigenvalue weighted by molar-refractivity contribution is 5.79. The molecule has 0 aromatic heterocycles. The van der Waals surface area contributed by atoms with Crippen molar-refractivity contribution in [2.45, 2.75) is 44.3 Å². The molecule has 1 aliphatic carbocycles. The number of hydrogen-bond acceptors (Lipinski definition) is 2. The fourth-order valence-electron chi connectivity index (χ4n) is 4.08. The van der Waals surface area contributed by atoms with Gasteiger partial charge in [-0.25, -0.2) is 0 Å². The largest absolute Gasteiger partial charge is 0.392 e. The van der Waals surface area contributed by atoms with Gasteiger partial charge in [-0.15, -0.1) is 0 Å². The zero-order chi connectivity index (χ0) is 14.3. The Morgan fingerprint density at radius 1 is 1.10 bits per heavy atom. The molecular formula is C14H21F3N2O. The second-order valence-corrected chi connectivity index (χ2v) is 6.39. The Labute approximate surface area is 116 Å². The van der Waals surface area contributed by atoms with E-state index in [1.807, 2.05) is 0 Å². The number of alkyl halides is 3. The second-order valence-electron chi connectivity index (χ2n) is 6.39. The van der Waals surface area contributed by atoms with Crippen molar-refractivity contribution in [1.82, 2.24) is 10.2 Å². The second kappa shape index (κ2) is 5.20. The SMILES string of the molecule is O=C(C1CCCCC1C(F)(F)F)N1C[C@@H]2CCN[C@@H]2C1. The van der Waals surface area contributed by atoms with E-state index >= 15 is 0 Å². The van der Waals surface area contributed by atoms with E-state index in [2.05, 4.69) is 5.32 Å². The summed E-state index contributed by atoms with van der Waals surface area (Å²) in [5, 5.41) is 3.33. The number of fused-ring (bicyclic) bond motifs is 1. The fraction of sp³-hybridized carbons (Fsp3) is 0.929. The summed E-state index contributed by atoms with van der Waals surface area (Å²) < 4.78 is 39.3. The lowest BCUT2D eigenvalue weighted by Gasteiger charge is -2.34. The van der Waals surface area contributed by atoms with Crippen LogP contribution in [0.15, 0.2) is 0 Å². The van der Waals surface area contributed by atoms with Crippen molar-refractivity contribution in [2.24, 2.45) is 17.8 Å². The first-order chi connectivity index (χ1) is 9.47. The molecule has 1 saturated carbocycles. The van der Waals surface area contributed by atoms with E-state index in [1.165, 1.54) is 0 Å². The normalized spacial score (nSPS) is 38.0. The van der Waals surface area contributed by atoms with Crippen LogP contribution >= 0.6 is 0 Å². The van der Waals surface area contributed by atoms with Crippen LogP contribution in [0.5, 0.6) is 0 Å². The Morgan fingerprint density at radius 2 is 1.85 bits per heavy atom. The predicted octanol–water partition coefficient (Wildman–Crippen LogP) is 2.18. The summed E-state index contributed by atoms with van der Waals surface area (Å²) in [7, 11) is 0. The molecule has 0 radical (unpaired) electrons. The molecular weight excluding hydrogens is 269 g/mol. The van der Waals surface area contributed by atoms with Crippen LogP contribution in [0, 0.1) is 17.8 Å². The lowest BCUT2D eigenvalue weighted by molar-refractivity contribution is -0.200. The summed E-state index contributed by atoms with van der Waals surface area (Å²) in [5.41, 5.74) is 0. The molecule has 2 unspecified atom stereocenters. The number of nitrogens with one attached hydrogen (secondary N) is 1. The van der Waals surface area contributed by atoms with Crippen LogP contribution in [0.25, 0.3) is 0 Å². The van der Waals surface area contributed by atoms with Gasteiger partial charge in [0.2, 0.25) is 5.91 Å². The quantitative estimate of drug-likeness (QED) is 0.803. The van der Waals surface area contributed by atoms with Gasteiger partial charge in [0.1, 0.15) is 0 Å². The fourth-order valence-corrected chi connectivity index (χ4v) is 4.08. The third kappa shape index (κ3) is 2.54. The molecule has 4 atom stereocenters. The summed E-state index contributed by atoms with van der Waals surface area (Å²) in [6.07, 6.45) is -1.39. The van der Waals surface area contributed by atoms with E-state index < -0.39 is 18.0 Å². The first-order valence-electron chi connectivity index (χ1n) is 7.55. The third-order valence-corrected chi connectivity index (χ3v) is 5.18. The number of carbonyl (C=O) groups excluding carboxylic acids is 1. The summed E-state index contributed by atoms with van der Waals surface area (Å²) in [5.74, 6) is -2.10. The first kappa shape index (κ1) is 14.2. The van der Waals surface area contributed by atoms with Crippen LogP contribution < -0.4 is 5.32 Å². The molecule has 3 aliphatic rings. The molecule has 0 spiro atoms. The number of nitrogens with zero attached hydrogens (tertiary/aromatic N) is 1. The minimum atomic E-state index is -4.24. The lowest BCUT2D eigenvalue weighted by Crippen LogP contribution is -2.44. The summed E-state index contributed by atoms with van der Waals surface area (Å²) >= 11 is 0. The van der Waals surface area contributed by atoms with Gasteiger partial charge in [0, 0.05) is 25.0 Å². The van der Waals surface area contributed by atoms with Crippen molar-refractivity contribution in [3.05, 3.63) is 0 Å². The van der Waals surface area contributed by atoms with Gasteiger partial charge in [-0.1, -0.05) is 12.8 Å². The number of carbonyl (C=O) groups is 1. The van der Waals surface area contributed by atoms with Gasteiger partial charge in [0.25, 0.3) is 0 Å². The molecule has 0 bridgehead atoms. The Morgan fingerprint density at radius 3 is 2.55 bits per heavy atom. The first-order valence-corrected chi connectivity index (χ1v) is 7.55. The molecule has 0 aromatic carbocycles. The van der Waals surface area contributed by atoms with Crippen molar-refractivity contribution in [1.29, 1.82) is 0 Å². The van der Waals surface area contributed by atoms with Crippen LogP contribution in [0.1, 0.15) is 32.1 Å². The standard InChI is InChI=1S/C14H21F3N2O/c15-14(16,17)11-4-2-1-3-10(11)13(20)19-7-9-5-6-18-12(9)8-19/h9-12,18H,1-8H2/t9-,10?,11?,12+/m0/s1. The van der Waals surface area contributed by atoms with Crippen molar-refractivity contribution in [3.8, 4) is 0 Å². The molecule has 1 amide bonds. The number of halogens is 3. The average molecular weight is 290 g/mol. The molecule has 114 valence electrons. The van der Waals surface area contributed by atoms with Gasteiger partial charge < -0.3 is 10.2 Å². The van der Waals surface area contributed by atoms with E-state index in [0.717, 1.165) is 19.4 Å². The van der Waals surface area contributed by atoms with Gasteiger partial charge in [-0.05, 0) is 31.7 Å². The topological polar surface area (TPSA) is 32.3 Å². The van der Waals surface area contributed by atoms with Crippen molar-refractivity contribution >= 4 is 5.91 Å². The van der Waals surface area contributed by atoms with E-state index in [0.29, 0.717) is 37.9 Å². The monoisotopic (exact) mass is 290 g/mol. The molecule has 1 N–H and O–H groups in total. The number of rotatable bonds is 1. The molecule has 2 aliphatic heterocycles. The molecule has 0 aromatic rings. The Kier molecular flexibility index (Phi) is 3.69. The lowest BCUT2D eigenvalue weighted by atomic mass is 9.78. The minimum absolute atomic E-state index is 0.110. The molecule has 3 rings (SSSR count). The summed E-state index contributed by atoms with van der Waals surface area (Å²) in [4.78, 5) is 14.2. The van der Waals surface area contributed by atoms with Crippen LogP contribution in [0.4, 0.5) is 13.2 Å². The van der Waals surface area contributed by atoms with Gasteiger partial charge in [-0.3, -0.25) is 4.79 Å². The predicted molar refractivity (Wildman–Crippen MR) is 68.0 cm³/mol. The van der Waals surface area contributed by atoms with Crippen molar-refractivity contribution in [2.75, 3.05) is 19.6 Å². The molecule has 2 saturated heterocycles. The Bertz CT molecular complexity index is 373. The van der Waals surface area contributed by atoms with Crippen LogP contribution in [0.3, 0.4) is 0 Å². The zero-order valence-electron chi connectivity index (χ0n) is 11.5. The highest BCUT2D eigenvalue weighted by Gasteiger charge is 2.50. The van der Waals surface area contributed by atoms with E-state index in [1.54, 1.807) is 4.90 Å². The van der Waals surface area contributed by atoms with Gasteiger partial charge in [0.15, 0.2) is 0 Å². The van der Waals surface area contributed by atoms with Crippen molar-refractivity contribution < 1.29 is 18.0 Å². The third-order valence-electron chi connectivity index (χ3n) is 5.18. The Balaban J connectivity index is 1.69. The van der Waals surface area contributed by atoms with Gasteiger partial charge in [-0.2, -0.15) is 13.2 Å². The zero-order valence-corrected chi connectivity index (χ0v) is 11.5. The number of hydrogen-bond donors (Lipinski definition) is 1. The number of amides is 1. The van der Waals surface area contributed by atoms with Crippen LogP contribution in [-0.2, 0) is 4.79 Å². The maximum Gasteiger partial charge on any atom is 0.392 e. The van der Waals surface area contributed by atoms with Crippen LogP contribution in [-0.4, -0.2) is 42.7 Å². The van der Waals surface area contributed by atoms with Gasteiger partial charge in [0.05, 0.1) is 5.92 Å². The van der Waals surface area contributed by atoms with Crippen LogP contribution in [0.2, 0.25) is 0 Å². The molecule has 3 fully saturated rings. The number of likely N-dealkylation sites (tertiary alicyclic amines) is 1.